The number of halogens is 4. The molecule has 0 spiro atoms. The lowest BCUT2D eigenvalue weighted by Gasteiger charge is -2.16. The molecule has 1 unspecified atom stereocenters. The summed E-state index contributed by atoms with van der Waals surface area (Å²) in [6, 6.07) is 1.82. The second-order valence-corrected chi connectivity index (χ2v) is 5.05. The quantitative estimate of drug-likeness (QED) is 0.754. The smallest absolute Gasteiger partial charge is 0.387 e. The number of hydrogen-bond donors (Lipinski definition) is 2. The predicted octanol–water partition coefficient (Wildman–Crippen LogP) is 3.55. The van der Waals surface area contributed by atoms with Crippen LogP contribution >= 0.6 is 27.5 Å². The van der Waals surface area contributed by atoms with Crippen LogP contribution in [0.5, 0.6) is 5.75 Å². The van der Waals surface area contributed by atoms with Crippen molar-refractivity contribution in [3.63, 3.8) is 0 Å². The lowest BCUT2D eigenvalue weighted by Crippen LogP contribution is -2.35. The molecule has 0 aliphatic carbocycles. The zero-order valence-corrected chi connectivity index (χ0v) is 12.5. The molecule has 0 aliphatic heterocycles. The number of carbonyl (C=O) groups is 1. The molecule has 0 heterocycles. The molecule has 0 radical (unpaired) electrons. The third-order valence-electron chi connectivity index (χ3n) is 2.23. The summed E-state index contributed by atoms with van der Waals surface area (Å²) in [5, 5.41) is 2.64. The monoisotopic (exact) mass is 368 g/mol. The average Bonchev–Trinajstić information content (AvgIpc) is 2.33. The summed E-state index contributed by atoms with van der Waals surface area (Å²) in [4.78, 5) is 11.8. The van der Waals surface area contributed by atoms with Gasteiger partial charge >= 0.3 is 6.61 Å². The number of hydrogen-bond acceptors (Lipinski definition) is 3. The number of nitrogens with one attached hydrogen (secondary N) is 1. The zero-order valence-electron chi connectivity index (χ0n) is 10.2. The Bertz CT molecular complexity index is 514. The number of rotatable bonds is 6. The van der Waals surface area contributed by atoms with Gasteiger partial charge in [0.05, 0.1) is 16.2 Å². The van der Waals surface area contributed by atoms with Crippen LogP contribution in [0.4, 0.5) is 14.5 Å². The largest absolute Gasteiger partial charge is 0.431 e. The van der Waals surface area contributed by atoms with Gasteiger partial charge in [-0.25, -0.2) is 0 Å². The lowest BCUT2D eigenvalue weighted by molar-refractivity contribution is -0.117. The molecule has 1 aromatic rings. The van der Waals surface area contributed by atoms with Crippen molar-refractivity contribution in [3.8, 4) is 5.75 Å². The van der Waals surface area contributed by atoms with Crippen molar-refractivity contribution in [3.05, 3.63) is 34.3 Å². The van der Waals surface area contributed by atoms with Crippen molar-refractivity contribution < 1.29 is 18.3 Å². The highest BCUT2D eigenvalue weighted by Crippen LogP contribution is 2.37. The molecule has 1 amide bonds. The van der Waals surface area contributed by atoms with E-state index < -0.39 is 18.6 Å². The highest BCUT2D eigenvalue weighted by Gasteiger charge is 2.19. The van der Waals surface area contributed by atoms with Crippen LogP contribution in [0.15, 0.2) is 29.3 Å². The van der Waals surface area contributed by atoms with Crippen LogP contribution in [0.2, 0.25) is 5.02 Å². The number of benzene rings is 1. The number of amides is 1. The zero-order chi connectivity index (χ0) is 15.3. The normalized spacial score (nSPS) is 12.1. The van der Waals surface area contributed by atoms with E-state index in [0.717, 1.165) is 0 Å². The highest BCUT2D eigenvalue weighted by atomic mass is 79.9. The van der Waals surface area contributed by atoms with Gasteiger partial charge in [-0.1, -0.05) is 17.7 Å². The summed E-state index contributed by atoms with van der Waals surface area (Å²) in [6.45, 7) is 0.426. The molecule has 4 nitrogen and oxygen atoms in total. The molecule has 0 aromatic heterocycles. The Kier molecular flexibility index (Phi) is 6.38. The van der Waals surface area contributed by atoms with E-state index in [-0.39, 0.29) is 27.4 Å². The summed E-state index contributed by atoms with van der Waals surface area (Å²) in [5.41, 5.74) is 5.59. The Morgan fingerprint density at radius 2 is 2.25 bits per heavy atom. The van der Waals surface area contributed by atoms with E-state index in [1.54, 1.807) is 0 Å². The molecule has 20 heavy (non-hydrogen) atoms. The molecule has 1 atom stereocenters. The van der Waals surface area contributed by atoms with E-state index in [1.165, 1.54) is 18.2 Å². The molecule has 0 saturated heterocycles. The molecule has 8 heteroatoms. The van der Waals surface area contributed by atoms with Crippen molar-refractivity contribution in [2.75, 3.05) is 5.32 Å². The van der Waals surface area contributed by atoms with Crippen molar-refractivity contribution in [1.82, 2.24) is 0 Å². The fourth-order valence-corrected chi connectivity index (χ4v) is 2.28. The summed E-state index contributed by atoms with van der Waals surface area (Å²) in [6.07, 6.45) is 1.73. The average molecular weight is 370 g/mol. The Morgan fingerprint density at radius 3 is 2.80 bits per heavy atom. The van der Waals surface area contributed by atoms with Crippen LogP contribution < -0.4 is 15.8 Å². The number of carbonyl (C=O) groups excluding carboxylic acids is 1. The number of alkyl halides is 2. The molecular formula is C12H12BrClF2N2O2. The van der Waals surface area contributed by atoms with Gasteiger partial charge in [0.15, 0.2) is 5.75 Å². The maximum Gasteiger partial charge on any atom is 0.387 e. The second kappa shape index (κ2) is 7.56. The van der Waals surface area contributed by atoms with E-state index in [9.17, 15) is 13.6 Å². The standard InChI is InChI=1S/C12H12BrClF2N2O2/c1-2-3-8(17)11(19)18-9-5-6(14)4-7(13)10(9)20-12(15)16/h2,4-5,8,12H,1,3,17H2,(H,18,19). The fraction of sp³-hybridized carbons (Fsp3) is 0.250. The molecule has 3 N–H and O–H groups in total. The Morgan fingerprint density at radius 1 is 1.60 bits per heavy atom. The molecule has 0 saturated carbocycles. The maximum atomic E-state index is 12.4. The third kappa shape index (κ3) is 4.73. The Hall–Kier alpha value is -1.18. The Balaban J connectivity index is 3.03. The molecule has 1 aromatic carbocycles. The van der Waals surface area contributed by atoms with Gasteiger partial charge < -0.3 is 15.8 Å². The molecule has 110 valence electrons. The van der Waals surface area contributed by atoms with Gasteiger partial charge in [-0.2, -0.15) is 8.78 Å². The van der Waals surface area contributed by atoms with Crippen LogP contribution in [-0.2, 0) is 4.79 Å². The van der Waals surface area contributed by atoms with Crippen LogP contribution in [0, 0.1) is 0 Å². The SMILES string of the molecule is C=CCC(N)C(=O)Nc1cc(Cl)cc(Br)c1OC(F)F. The first-order valence-corrected chi connectivity index (χ1v) is 6.63. The minimum Gasteiger partial charge on any atom is -0.431 e. The maximum absolute atomic E-state index is 12.4. The van der Waals surface area contributed by atoms with E-state index in [4.69, 9.17) is 17.3 Å². The number of ether oxygens (including phenoxy) is 1. The second-order valence-electron chi connectivity index (χ2n) is 3.76. The van der Waals surface area contributed by atoms with E-state index in [0.29, 0.717) is 0 Å². The third-order valence-corrected chi connectivity index (χ3v) is 3.04. The van der Waals surface area contributed by atoms with Crippen molar-refractivity contribution >= 4 is 39.1 Å². The molecule has 0 bridgehead atoms. The van der Waals surface area contributed by atoms with Gasteiger partial charge in [0.2, 0.25) is 5.91 Å². The van der Waals surface area contributed by atoms with E-state index in [2.05, 4.69) is 32.6 Å². The fourth-order valence-electron chi connectivity index (χ4n) is 1.37. The predicted molar refractivity (Wildman–Crippen MR) is 77.2 cm³/mol. The van der Waals surface area contributed by atoms with Crippen LogP contribution in [0.3, 0.4) is 0 Å². The molecule has 0 fully saturated rings. The number of anilines is 1. The lowest BCUT2D eigenvalue weighted by atomic mass is 10.2. The summed E-state index contributed by atoms with van der Waals surface area (Å²) in [7, 11) is 0. The van der Waals surface area contributed by atoms with Gasteiger partial charge in [-0.05, 0) is 34.5 Å². The summed E-state index contributed by atoms with van der Waals surface area (Å²) in [5.74, 6) is -0.776. The van der Waals surface area contributed by atoms with E-state index >= 15 is 0 Å². The summed E-state index contributed by atoms with van der Waals surface area (Å²) >= 11 is 8.85. The van der Waals surface area contributed by atoms with Gasteiger partial charge in [0, 0.05) is 5.02 Å². The topological polar surface area (TPSA) is 64.4 Å². The molecule has 0 aliphatic rings. The Labute approximate surface area is 128 Å². The molecule has 1 rings (SSSR count). The molecular weight excluding hydrogens is 357 g/mol. The van der Waals surface area contributed by atoms with Gasteiger partial charge in [-0.3, -0.25) is 4.79 Å². The van der Waals surface area contributed by atoms with Crippen molar-refractivity contribution in [2.24, 2.45) is 5.73 Å². The van der Waals surface area contributed by atoms with Crippen LogP contribution in [-0.4, -0.2) is 18.6 Å². The van der Waals surface area contributed by atoms with E-state index in [1.807, 2.05) is 0 Å². The highest BCUT2D eigenvalue weighted by molar-refractivity contribution is 9.10. The first kappa shape index (κ1) is 16.9. The number of nitrogens with two attached hydrogens (primary N) is 1. The van der Waals surface area contributed by atoms with Crippen molar-refractivity contribution in [1.29, 1.82) is 0 Å². The minimum absolute atomic E-state index is 0.00851. The van der Waals surface area contributed by atoms with Crippen molar-refractivity contribution in [2.45, 2.75) is 19.1 Å². The van der Waals surface area contributed by atoms with Crippen LogP contribution in [0.1, 0.15) is 6.42 Å². The summed E-state index contributed by atoms with van der Waals surface area (Å²) < 4.78 is 29.3. The van der Waals surface area contributed by atoms with Gasteiger partial charge in [0.25, 0.3) is 0 Å². The van der Waals surface area contributed by atoms with Crippen LogP contribution in [0.25, 0.3) is 0 Å². The first-order valence-electron chi connectivity index (χ1n) is 5.46. The van der Waals surface area contributed by atoms with Gasteiger partial charge in [-0.15, -0.1) is 6.58 Å². The minimum atomic E-state index is -3.04. The first-order chi connectivity index (χ1) is 9.35. The van der Waals surface area contributed by atoms with Gasteiger partial charge in [0.1, 0.15) is 0 Å².